The summed E-state index contributed by atoms with van der Waals surface area (Å²) in [5.74, 6) is 1.80. The summed E-state index contributed by atoms with van der Waals surface area (Å²) in [4.78, 5) is 8.82. The predicted molar refractivity (Wildman–Crippen MR) is 91.6 cm³/mol. The van der Waals surface area contributed by atoms with E-state index in [4.69, 9.17) is 0 Å². The van der Waals surface area contributed by atoms with E-state index in [9.17, 15) is 4.39 Å². The molecule has 1 fully saturated rings. The molecule has 23 heavy (non-hydrogen) atoms. The molecule has 1 aromatic carbocycles. The molecule has 4 nitrogen and oxygen atoms in total. The van der Waals surface area contributed by atoms with E-state index in [2.05, 4.69) is 20.6 Å². The van der Waals surface area contributed by atoms with Crippen molar-refractivity contribution < 1.29 is 4.39 Å². The lowest BCUT2D eigenvalue weighted by atomic mass is 10.1. The molecule has 1 saturated carbocycles. The van der Waals surface area contributed by atoms with Crippen LogP contribution in [0.3, 0.4) is 0 Å². The Balaban J connectivity index is 1.74. The molecule has 2 N–H and O–H groups in total. The summed E-state index contributed by atoms with van der Waals surface area (Å²) in [6, 6.07) is 8.92. The molecular weight excluding hydrogens is 291 g/mol. The number of halogens is 1. The van der Waals surface area contributed by atoms with Crippen LogP contribution in [-0.4, -0.2) is 16.0 Å². The molecule has 2 aromatic rings. The monoisotopic (exact) mass is 314 g/mol. The van der Waals surface area contributed by atoms with Crippen LogP contribution in [0.5, 0.6) is 0 Å². The standard InChI is InChI=1S/C18H23FN4/c1-13-20-17(22-14-8-4-2-3-5-9-14)12-18(21-13)23-16-11-7-6-10-15(16)19/h6-7,10-12,14H,2-5,8-9H2,1H3,(H2,20,21,22,23). The van der Waals surface area contributed by atoms with Gasteiger partial charge in [0.15, 0.2) is 0 Å². The number of nitrogens with one attached hydrogen (secondary N) is 2. The summed E-state index contributed by atoms with van der Waals surface area (Å²) in [6.45, 7) is 1.85. The van der Waals surface area contributed by atoms with Crippen LogP contribution in [0.15, 0.2) is 30.3 Å². The van der Waals surface area contributed by atoms with Crippen LogP contribution in [0.2, 0.25) is 0 Å². The first-order chi connectivity index (χ1) is 11.2. The molecule has 0 spiro atoms. The zero-order chi connectivity index (χ0) is 16.1. The van der Waals surface area contributed by atoms with E-state index in [0.29, 0.717) is 23.4 Å². The van der Waals surface area contributed by atoms with Gasteiger partial charge in [0.2, 0.25) is 0 Å². The summed E-state index contributed by atoms with van der Waals surface area (Å²) < 4.78 is 13.8. The Hall–Kier alpha value is -2.17. The lowest BCUT2D eigenvalue weighted by molar-refractivity contribution is 0.617. The molecule has 0 radical (unpaired) electrons. The number of aryl methyl sites for hydroxylation is 1. The van der Waals surface area contributed by atoms with E-state index in [1.54, 1.807) is 18.2 Å². The van der Waals surface area contributed by atoms with Crippen LogP contribution in [-0.2, 0) is 0 Å². The van der Waals surface area contributed by atoms with Crippen molar-refractivity contribution in [1.29, 1.82) is 0 Å². The van der Waals surface area contributed by atoms with Crippen LogP contribution in [0, 0.1) is 12.7 Å². The first-order valence-electron chi connectivity index (χ1n) is 8.34. The summed E-state index contributed by atoms with van der Waals surface area (Å²) in [6.07, 6.45) is 7.53. The van der Waals surface area contributed by atoms with Gasteiger partial charge in [-0.2, -0.15) is 0 Å². The maximum atomic E-state index is 13.8. The highest BCUT2D eigenvalue weighted by Gasteiger charge is 2.13. The number of anilines is 3. The fraction of sp³-hybridized carbons (Fsp3) is 0.444. The average molecular weight is 314 g/mol. The van der Waals surface area contributed by atoms with Crippen molar-refractivity contribution in [3.05, 3.63) is 42.0 Å². The molecule has 3 rings (SSSR count). The summed E-state index contributed by atoms with van der Waals surface area (Å²) in [5, 5.41) is 6.55. The van der Waals surface area contributed by atoms with Crippen LogP contribution in [0.4, 0.5) is 21.7 Å². The topological polar surface area (TPSA) is 49.8 Å². The van der Waals surface area contributed by atoms with E-state index in [-0.39, 0.29) is 5.82 Å². The fourth-order valence-corrected chi connectivity index (χ4v) is 3.04. The van der Waals surface area contributed by atoms with Crippen molar-refractivity contribution in [2.45, 2.75) is 51.5 Å². The van der Waals surface area contributed by atoms with E-state index >= 15 is 0 Å². The fourth-order valence-electron chi connectivity index (χ4n) is 3.04. The Morgan fingerprint density at radius 3 is 2.43 bits per heavy atom. The maximum Gasteiger partial charge on any atom is 0.146 e. The molecule has 0 aliphatic heterocycles. The highest BCUT2D eigenvalue weighted by Crippen LogP contribution is 2.23. The van der Waals surface area contributed by atoms with Crippen molar-refractivity contribution >= 4 is 17.3 Å². The number of hydrogen-bond donors (Lipinski definition) is 2. The van der Waals surface area contributed by atoms with Crippen LogP contribution in [0.25, 0.3) is 0 Å². The lowest BCUT2D eigenvalue weighted by Gasteiger charge is -2.18. The van der Waals surface area contributed by atoms with Gasteiger partial charge in [-0.05, 0) is 31.9 Å². The first kappa shape index (κ1) is 15.7. The largest absolute Gasteiger partial charge is 0.367 e. The molecular formula is C18H23FN4. The third-order valence-corrected chi connectivity index (χ3v) is 4.18. The predicted octanol–water partition coefficient (Wildman–Crippen LogP) is 4.80. The second-order valence-corrected chi connectivity index (χ2v) is 6.12. The summed E-state index contributed by atoms with van der Waals surface area (Å²) >= 11 is 0. The third kappa shape index (κ3) is 4.41. The smallest absolute Gasteiger partial charge is 0.146 e. The summed E-state index contributed by atoms with van der Waals surface area (Å²) in [7, 11) is 0. The zero-order valence-electron chi connectivity index (χ0n) is 13.5. The number of benzene rings is 1. The van der Waals surface area contributed by atoms with Gasteiger partial charge in [0.25, 0.3) is 0 Å². The molecule has 0 atom stereocenters. The number of aromatic nitrogens is 2. The highest BCUT2D eigenvalue weighted by atomic mass is 19.1. The molecule has 0 saturated heterocycles. The molecule has 0 amide bonds. The van der Waals surface area contributed by atoms with E-state index in [0.717, 1.165) is 5.82 Å². The Morgan fingerprint density at radius 2 is 1.70 bits per heavy atom. The number of hydrogen-bond acceptors (Lipinski definition) is 4. The molecule has 122 valence electrons. The van der Waals surface area contributed by atoms with Gasteiger partial charge in [0, 0.05) is 12.1 Å². The minimum absolute atomic E-state index is 0.290. The Labute approximate surface area is 136 Å². The zero-order valence-corrected chi connectivity index (χ0v) is 13.5. The second-order valence-electron chi connectivity index (χ2n) is 6.12. The van der Waals surface area contributed by atoms with Gasteiger partial charge in [0.05, 0.1) is 5.69 Å². The van der Waals surface area contributed by atoms with Gasteiger partial charge in [-0.3, -0.25) is 0 Å². The molecule has 0 bridgehead atoms. The van der Waals surface area contributed by atoms with Gasteiger partial charge in [0.1, 0.15) is 23.3 Å². The third-order valence-electron chi connectivity index (χ3n) is 4.18. The van der Waals surface area contributed by atoms with Crippen molar-refractivity contribution in [3.8, 4) is 0 Å². The van der Waals surface area contributed by atoms with Gasteiger partial charge in [-0.1, -0.05) is 37.8 Å². The Kier molecular flexibility index (Phi) is 5.05. The summed E-state index contributed by atoms with van der Waals surface area (Å²) in [5.41, 5.74) is 0.422. The maximum absolute atomic E-state index is 13.8. The van der Waals surface area contributed by atoms with Crippen molar-refractivity contribution in [2.24, 2.45) is 0 Å². The Bertz CT molecular complexity index is 651. The second kappa shape index (κ2) is 7.40. The molecule has 1 aromatic heterocycles. The van der Waals surface area contributed by atoms with Crippen LogP contribution >= 0.6 is 0 Å². The molecule has 1 aliphatic carbocycles. The molecule has 5 heteroatoms. The minimum atomic E-state index is -0.290. The van der Waals surface area contributed by atoms with Gasteiger partial charge < -0.3 is 10.6 Å². The van der Waals surface area contributed by atoms with Gasteiger partial charge >= 0.3 is 0 Å². The minimum Gasteiger partial charge on any atom is -0.367 e. The first-order valence-corrected chi connectivity index (χ1v) is 8.34. The quantitative estimate of drug-likeness (QED) is 0.796. The highest BCUT2D eigenvalue weighted by molar-refractivity contribution is 5.59. The molecule has 0 unspecified atom stereocenters. The average Bonchev–Trinajstić information content (AvgIpc) is 2.78. The van der Waals surface area contributed by atoms with Crippen molar-refractivity contribution in [3.63, 3.8) is 0 Å². The van der Waals surface area contributed by atoms with E-state index < -0.39 is 0 Å². The normalized spacial score (nSPS) is 15.9. The number of rotatable bonds is 4. The Morgan fingerprint density at radius 1 is 1.00 bits per heavy atom. The van der Waals surface area contributed by atoms with Crippen molar-refractivity contribution in [2.75, 3.05) is 10.6 Å². The van der Waals surface area contributed by atoms with E-state index in [1.165, 1.54) is 44.6 Å². The van der Waals surface area contributed by atoms with Gasteiger partial charge in [-0.15, -0.1) is 0 Å². The van der Waals surface area contributed by atoms with Crippen LogP contribution in [0.1, 0.15) is 44.3 Å². The van der Waals surface area contributed by atoms with Crippen molar-refractivity contribution in [1.82, 2.24) is 9.97 Å². The van der Waals surface area contributed by atoms with E-state index in [1.807, 2.05) is 13.0 Å². The SMILES string of the molecule is Cc1nc(Nc2ccccc2F)cc(NC2CCCCCC2)n1. The van der Waals surface area contributed by atoms with Crippen LogP contribution < -0.4 is 10.6 Å². The number of para-hydroxylation sites is 1. The van der Waals surface area contributed by atoms with Gasteiger partial charge in [-0.25, -0.2) is 14.4 Å². The molecule has 1 aliphatic rings. The molecule has 1 heterocycles. The number of nitrogens with zero attached hydrogens (tertiary/aromatic N) is 2. The lowest BCUT2D eigenvalue weighted by Crippen LogP contribution is -2.19.